The molecule has 3 atom stereocenters. The van der Waals surface area contributed by atoms with Crippen LogP contribution in [0.15, 0.2) is 54.6 Å². The van der Waals surface area contributed by atoms with Crippen LogP contribution in [0, 0.1) is 0 Å². The number of alkyl halides is 1. The molecule has 0 radical (unpaired) electrons. The number of hydrogen-bond acceptors (Lipinski definition) is 3. The highest BCUT2D eigenvalue weighted by molar-refractivity contribution is 6.62. The van der Waals surface area contributed by atoms with Crippen molar-refractivity contribution in [2.75, 3.05) is 0 Å². The molecule has 4 nitrogen and oxygen atoms in total. The molecule has 152 valence electrons. The minimum atomic E-state index is -2.35. The van der Waals surface area contributed by atoms with Crippen LogP contribution in [0.2, 0.25) is 0 Å². The molecule has 1 aliphatic carbocycles. The van der Waals surface area contributed by atoms with E-state index in [-0.39, 0.29) is 0 Å². The molecular formula is C23H26BFO4. The summed E-state index contributed by atoms with van der Waals surface area (Å²) in [6.45, 7) is 9.63. The standard InChI is InChI=1S/C23H26BFO4/c1-20(2)21(3,4)29-24(28-20)17-13-11-15(12-14-17)18-22(5,23(18,25)19(26)27)16-9-7-6-8-10-16/h6-14,18H,1-5H3,(H,26,27). The van der Waals surface area contributed by atoms with Gasteiger partial charge in [-0.3, -0.25) is 0 Å². The third-order valence-corrected chi connectivity index (χ3v) is 7.13. The van der Waals surface area contributed by atoms with Crippen molar-refractivity contribution in [3.05, 3.63) is 65.7 Å². The monoisotopic (exact) mass is 396 g/mol. The van der Waals surface area contributed by atoms with Crippen LogP contribution in [0.3, 0.4) is 0 Å². The summed E-state index contributed by atoms with van der Waals surface area (Å²) in [7, 11) is -0.511. The van der Waals surface area contributed by atoms with Gasteiger partial charge in [-0.25, -0.2) is 9.18 Å². The largest absolute Gasteiger partial charge is 0.494 e. The summed E-state index contributed by atoms with van der Waals surface area (Å²) < 4.78 is 27.8. The van der Waals surface area contributed by atoms with E-state index in [1.165, 1.54) is 0 Å². The molecule has 29 heavy (non-hydrogen) atoms. The van der Waals surface area contributed by atoms with E-state index in [9.17, 15) is 9.90 Å². The lowest BCUT2D eigenvalue weighted by Gasteiger charge is -2.32. The summed E-state index contributed by atoms with van der Waals surface area (Å²) >= 11 is 0. The van der Waals surface area contributed by atoms with E-state index in [4.69, 9.17) is 9.31 Å². The maximum absolute atomic E-state index is 15.7. The van der Waals surface area contributed by atoms with Gasteiger partial charge in [0.25, 0.3) is 0 Å². The van der Waals surface area contributed by atoms with Crippen molar-refractivity contribution in [3.63, 3.8) is 0 Å². The second-order valence-corrected chi connectivity index (χ2v) is 9.27. The van der Waals surface area contributed by atoms with Crippen molar-refractivity contribution >= 4 is 18.6 Å². The van der Waals surface area contributed by atoms with Crippen molar-refractivity contribution in [3.8, 4) is 0 Å². The number of hydrogen-bond donors (Lipinski definition) is 1. The summed E-state index contributed by atoms with van der Waals surface area (Å²) in [6.07, 6.45) is 0. The first-order valence-corrected chi connectivity index (χ1v) is 9.88. The van der Waals surface area contributed by atoms with E-state index < -0.39 is 41.3 Å². The molecule has 2 aromatic carbocycles. The molecule has 6 heteroatoms. The number of carboxylic acid groups (broad SMARTS) is 1. The fraction of sp³-hybridized carbons (Fsp3) is 0.435. The Balaban J connectivity index is 1.65. The highest BCUT2D eigenvalue weighted by Crippen LogP contribution is 2.70. The van der Waals surface area contributed by atoms with E-state index >= 15 is 4.39 Å². The summed E-state index contributed by atoms with van der Waals surface area (Å²) in [5.74, 6) is -2.19. The summed E-state index contributed by atoms with van der Waals surface area (Å²) in [6, 6.07) is 16.3. The van der Waals surface area contributed by atoms with Gasteiger partial charge in [0.05, 0.1) is 11.2 Å². The van der Waals surface area contributed by atoms with Gasteiger partial charge in [-0.2, -0.15) is 0 Å². The van der Waals surface area contributed by atoms with Gasteiger partial charge in [0.1, 0.15) is 0 Å². The summed E-state index contributed by atoms with van der Waals surface area (Å²) in [5, 5.41) is 9.67. The highest BCUT2D eigenvalue weighted by atomic mass is 19.1. The van der Waals surface area contributed by atoms with Gasteiger partial charge in [0, 0.05) is 11.3 Å². The van der Waals surface area contributed by atoms with Gasteiger partial charge in [-0.15, -0.1) is 0 Å². The average molecular weight is 396 g/mol. The molecule has 3 unspecified atom stereocenters. The van der Waals surface area contributed by atoms with E-state index in [1.54, 1.807) is 43.3 Å². The first kappa shape index (κ1) is 20.1. The first-order valence-electron chi connectivity index (χ1n) is 9.88. The number of aliphatic carboxylic acids is 1. The minimum absolute atomic E-state index is 0.448. The molecular weight excluding hydrogens is 370 g/mol. The van der Waals surface area contributed by atoms with Gasteiger partial charge in [0.15, 0.2) is 0 Å². The van der Waals surface area contributed by atoms with E-state index in [0.717, 1.165) is 5.46 Å². The maximum Gasteiger partial charge on any atom is 0.494 e. The lowest BCUT2D eigenvalue weighted by Crippen LogP contribution is -2.41. The molecule has 1 saturated carbocycles. The van der Waals surface area contributed by atoms with Crippen molar-refractivity contribution in [1.82, 2.24) is 0 Å². The van der Waals surface area contributed by atoms with Crippen LogP contribution in [-0.2, 0) is 19.5 Å². The minimum Gasteiger partial charge on any atom is -0.479 e. The van der Waals surface area contributed by atoms with E-state index in [0.29, 0.717) is 11.1 Å². The van der Waals surface area contributed by atoms with Gasteiger partial charge in [0.2, 0.25) is 5.67 Å². The van der Waals surface area contributed by atoms with E-state index in [2.05, 4.69) is 0 Å². The van der Waals surface area contributed by atoms with Gasteiger partial charge in [-0.1, -0.05) is 61.5 Å². The molecule has 1 saturated heterocycles. The lowest BCUT2D eigenvalue weighted by molar-refractivity contribution is -0.145. The van der Waals surface area contributed by atoms with Crippen LogP contribution < -0.4 is 5.46 Å². The van der Waals surface area contributed by atoms with Crippen molar-refractivity contribution in [2.45, 2.75) is 62.8 Å². The Morgan fingerprint density at radius 2 is 1.45 bits per heavy atom. The molecule has 1 heterocycles. The van der Waals surface area contributed by atoms with Gasteiger partial charge < -0.3 is 14.4 Å². The van der Waals surface area contributed by atoms with E-state index in [1.807, 2.05) is 45.9 Å². The quantitative estimate of drug-likeness (QED) is 0.799. The molecule has 2 aliphatic rings. The zero-order valence-electron chi connectivity index (χ0n) is 17.4. The predicted molar refractivity (Wildman–Crippen MR) is 110 cm³/mol. The van der Waals surface area contributed by atoms with Crippen LogP contribution in [0.1, 0.15) is 51.7 Å². The molecule has 0 aromatic heterocycles. The number of carbonyl (C=O) groups is 1. The lowest BCUT2D eigenvalue weighted by atomic mass is 9.78. The first-order chi connectivity index (χ1) is 13.4. The number of benzene rings is 2. The van der Waals surface area contributed by atoms with Crippen LogP contribution in [0.5, 0.6) is 0 Å². The Morgan fingerprint density at radius 1 is 0.931 bits per heavy atom. The molecule has 1 N–H and O–H groups in total. The predicted octanol–water partition coefficient (Wildman–Crippen LogP) is 3.83. The maximum atomic E-state index is 15.7. The normalized spacial score (nSPS) is 32.2. The second kappa shape index (κ2) is 6.16. The van der Waals surface area contributed by atoms with Crippen LogP contribution >= 0.6 is 0 Å². The third-order valence-electron chi connectivity index (χ3n) is 7.13. The molecule has 0 spiro atoms. The third kappa shape index (κ3) is 2.69. The smallest absolute Gasteiger partial charge is 0.479 e. The summed E-state index contributed by atoms with van der Waals surface area (Å²) in [4.78, 5) is 11.9. The Bertz CT molecular complexity index is 927. The number of carboxylic acids is 1. The van der Waals surface area contributed by atoms with Crippen molar-refractivity contribution in [1.29, 1.82) is 0 Å². The number of halogens is 1. The van der Waals surface area contributed by atoms with Gasteiger partial charge >= 0.3 is 13.1 Å². The van der Waals surface area contributed by atoms with Crippen molar-refractivity contribution in [2.24, 2.45) is 0 Å². The Kier molecular flexibility index (Phi) is 4.27. The Morgan fingerprint density at radius 3 is 1.93 bits per heavy atom. The SMILES string of the molecule is CC1(C)OB(c2ccc(C3C(F)(C(=O)O)C3(C)c3ccccc3)cc2)OC1(C)C. The van der Waals surface area contributed by atoms with Crippen LogP contribution in [0.25, 0.3) is 0 Å². The Hall–Kier alpha value is -2.18. The molecule has 2 fully saturated rings. The average Bonchev–Trinajstić information content (AvgIpc) is 3.10. The molecule has 1 aliphatic heterocycles. The number of rotatable bonds is 4. The van der Waals surface area contributed by atoms with Crippen LogP contribution in [0.4, 0.5) is 4.39 Å². The second-order valence-electron chi connectivity index (χ2n) is 9.27. The fourth-order valence-electron chi connectivity index (χ4n) is 4.47. The summed E-state index contributed by atoms with van der Waals surface area (Å²) in [5.41, 5.74) is -2.20. The van der Waals surface area contributed by atoms with Gasteiger partial charge in [-0.05, 0) is 44.3 Å². The molecule has 0 bridgehead atoms. The molecule has 2 aromatic rings. The molecule has 4 rings (SSSR count). The zero-order chi connectivity index (χ0) is 21.2. The highest BCUT2D eigenvalue weighted by Gasteiger charge is 2.81. The molecule has 0 amide bonds. The van der Waals surface area contributed by atoms with Crippen LogP contribution in [-0.4, -0.2) is 35.1 Å². The fourth-order valence-corrected chi connectivity index (χ4v) is 4.47. The Labute approximate surface area is 171 Å². The zero-order valence-corrected chi connectivity index (χ0v) is 17.4. The topological polar surface area (TPSA) is 55.8 Å². The van der Waals surface area contributed by atoms with Crippen molar-refractivity contribution < 1.29 is 23.6 Å².